The van der Waals surface area contributed by atoms with Gasteiger partial charge < -0.3 is 43.8 Å². The van der Waals surface area contributed by atoms with E-state index in [4.69, 9.17) is 31.9 Å². The van der Waals surface area contributed by atoms with Crippen molar-refractivity contribution in [3.8, 4) is 90.3 Å². The van der Waals surface area contributed by atoms with E-state index in [1.807, 2.05) is 48.5 Å². The van der Waals surface area contributed by atoms with E-state index >= 15 is 0 Å². The fourth-order valence-corrected chi connectivity index (χ4v) is 17.0. The normalized spacial score (nSPS) is 11.9. The van der Waals surface area contributed by atoms with Crippen molar-refractivity contribution in [1.29, 1.82) is 0 Å². The zero-order valence-electron chi connectivity index (χ0n) is 70.8. The van der Waals surface area contributed by atoms with E-state index in [1.54, 1.807) is 49.1 Å². The number of phenols is 4. The molecule has 20 aromatic rings. The molecule has 16 aromatic carbocycles. The van der Waals surface area contributed by atoms with Gasteiger partial charge in [-0.15, -0.1) is 0 Å². The maximum atomic E-state index is 11.0. The molecule has 0 unspecified atom stereocenters. The summed E-state index contributed by atoms with van der Waals surface area (Å²) in [5, 5.41) is 60.8. The van der Waals surface area contributed by atoms with Crippen molar-refractivity contribution in [3.63, 3.8) is 0 Å². The number of nitrogens with zero attached hydrogens (tertiary/aromatic N) is 8. The molecular formula is C111H92N8O7W. The Bertz CT molecular complexity index is 6520. The number of para-hydroxylation sites is 8. The molecule has 20 rings (SSSR count). The number of hydrogen-bond acceptors (Lipinski definition) is 11. The Hall–Kier alpha value is -15.2. The maximum absolute atomic E-state index is 11.0. The second kappa shape index (κ2) is 37.1. The quantitative estimate of drug-likeness (QED) is 0.0467. The Morgan fingerprint density at radius 1 is 0.236 bits per heavy atom. The standard InChI is InChI=1S/2C55H44N4O2.CH4O.2O.W/c2*1-55(2,35-56-33-41-21-19-39(31-53(41)60)37-23-27-43(28-24-37)58-49-15-7-3-11-45(49)46-12-4-8-16-50(46)58)36-57-34-42-22-20-40(32-54(42)61)38-25-29-44(30-26-38)59-51-17-9-5-13-47(51)48-14-6-10-18-52(48)59;1-2;;;/h2*3-34,60-61H,35-36H2,1-2H3;2H,1H3;;;. The van der Waals surface area contributed by atoms with Gasteiger partial charge in [-0.3, -0.25) is 20.0 Å². The number of fused-ring (bicyclic) bond motifs is 12. The molecule has 0 aliphatic rings. The molecule has 0 aliphatic carbocycles. The predicted molar refractivity (Wildman–Crippen MR) is 518 cm³/mol. The van der Waals surface area contributed by atoms with Crippen molar-refractivity contribution < 1.29 is 50.8 Å². The van der Waals surface area contributed by atoms with E-state index < -0.39 is 18.5 Å². The van der Waals surface area contributed by atoms with Crippen LogP contribution >= 0.6 is 0 Å². The van der Waals surface area contributed by atoms with Crippen LogP contribution in [0.3, 0.4) is 0 Å². The van der Waals surface area contributed by atoms with E-state index in [2.05, 4.69) is 337 Å². The molecule has 0 radical (unpaired) electrons. The van der Waals surface area contributed by atoms with Gasteiger partial charge in [-0.1, -0.05) is 246 Å². The van der Waals surface area contributed by atoms with Crippen LogP contribution in [0.25, 0.3) is 154 Å². The third-order valence-electron chi connectivity index (χ3n) is 23.3. The average molecular weight is 1830 g/mol. The van der Waals surface area contributed by atoms with Crippen LogP contribution in [-0.2, 0) is 25.3 Å². The van der Waals surface area contributed by atoms with Gasteiger partial charge in [0, 0.05) is 157 Å². The first kappa shape index (κ1) is 84.1. The minimum absolute atomic E-state index is 0.182. The van der Waals surface area contributed by atoms with Crippen molar-refractivity contribution in [1.82, 2.24) is 18.3 Å². The Balaban J connectivity index is 0.000000170. The van der Waals surface area contributed by atoms with Crippen LogP contribution in [0.2, 0.25) is 0 Å². The van der Waals surface area contributed by atoms with Crippen LogP contribution in [0.5, 0.6) is 23.0 Å². The molecule has 0 fully saturated rings. The van der Waals surface area contributed by atoms with E-state index in [-0.39, 0.29) is 33.8 Å². The second-order valence-electron chi connectivity index (χ2n) is 33.0. The summed E-state index contributed by atoms with van der Waals surface area (Å²) in [5.74, 6) is 0.728. The summed E-state index contributed by atoms with van der Waals surface area (Å²) in [6.07, 6.45) is 6.93. The summed E-state index contributed by atoms with van der Waals surface area (Å²) in [4.78, 5) is 18.8. The molecule has 0 atom stereocenters. The van der Waals surface area contributed by atoms with E-state index in [1.165, 1.54) is 87.2 Å². The second-order valence-corrected chi connectivity index (χ2v) is 33.5. The molecular weight excluding hydrogens is 1740 g/mol. The number of hydrogen-bond donors (Lipinski definition) is 5. The average Bonchev–Trinajstić information content (AvgIpc) is 1.62. The summed E-state index contributed by atoms with van der Waals surface area (Å²) in [7, 11) is 1.00. The summed E-state index contributed by atoms with van der Waals surface area (Å²) >= 11 is -2.25. The zero-order chi connectivity index (χ0) is 87.7. The Morgan fingerprint density at radius 2 is 0.386 bits per heavy atom. The fourth-order valence-electron chi connectivity index (χ4n) is 17.0. The van der Waals surface area contributed by atoms with Crippen molar-refractivity contribution in [2.24, 2.45) is 30.8 Å². The number of rotatable bonds is 20. The molecule has 16 heteroatoms. The molecule has 0 saturated carbocycles. The van der Waals surface area contributed by atoms with Crippen molar-refractivity contribution in [3.05, 3.63) is 386 Å². The van der Waals surface area contributed by atoms with Crippen molar-refractivity contribution >= 4 is 112 Å². The summed E-state index contributed by atoms with van der Waals surface area (Å²) in [6, 6.07) is 125. The SMILES string of the molecule is CC(C)(CN=Cc1ccc(-c2ccc(-n3c4ccccc4c4ccccc43)cc2)cc1O)CN=Cc1ccc(-c2ccc(-n3c4ccccc4c4ccccc43)cc2)cc1O.CC(C)(CN=Cc1ccc(-c2ccc(-n3c4ccccc4c4ccccc43)cc2)cc1O)CN=Cc1ccc(-c2ccc(-n3c4ccccc4c4ccccc43)cc2)cc1O.CO.[O]=[W]=[O]. The van der Waals surface area contributed by atoms with Crippen LogP contribution in [0, 0.1) is 10.8 Å². The molecule has 5 N–H and O–H groups in total. The van der Waals surface area contributed by atoms with Crippen molar-refractivity contribution in [2.45, 2.75) is 27.7 Å². The van der Waals surface area contributed by atoms with Crippen LogP contribution < -0.4 is 0 Å². The molecule has 15 nitrogen and oxygen atoms in total. The molecule has 127 heavy (non-hydrogen) atoms. The predicted octanol–water partition coefficient (Wildman–Crippen LogP) is 25.7. The van der Waals surface area contributed by atoms with E-state index in [0.29, 0.717) is 48.4 Å². The number of aliphatic hydroxyl groups excluding tert-OH is 1. The van der Waals surface area contributed by atoms with Gasteiger partial charge in [0.25, 0.3) is 0 Å². The number of benzene rings is 16. The monoisotopic (exact) mass is 1830 g/mol. The van der Waals surface area contributed by atoms with Gasteiger partial charge in [0.05, 0.1) is 44.1 Å². The first-order valence-corrected chi connectivity index (χ1v) is 44.5. The number of phenolic OH excluding ortho intramolecular Hbond substituents is 4. The van der Waals surface area contributed by atoms with E-state index in [9.17, 15) is 20.4 Å². The summed E-state index contributed by atoms with van der Waals surface area (Å²) < 4.78 is 26.3. The molecule has 0 bridgehead atoms. The first-order chi connectivity index (χ1) is 62.0. The Kier molecular flexibility index (Phi) is 24.6. The summed E-state index contributed by atoms with van der Waals surface area (Å²) in [5.41, 5.74) is 23.7. The van der Waals surface area contributed by atoms with Gasteiger partial charge >= 0.3 is 25.3 Å². The number of aliphatic hydroxyl groups is 1. The molecule has 0 spiro atoms. The van der Waals surface area contributed by atoms with Gasteiger partial charge in [-0.05, 0) is 190 Å². The third-order valence-corrected chi connectivity index (χ3v) is 23.3. The first-order valence-electron chi connectivity index (χ1n) is 42.1. The number of aliphatic imine (C=N–C) groups is 4. The fraction of sp³-hybridized carbons (Fsp3) is 0.0991. The number of aromatic hydroxyl groups is 4. The van der Waals surface area contributed by atoms with Gasteiger partial charge in [0.15, 0.2) is 0 Å². The molecule has 624 valence electrons. The van der Waals surface area contributed by atoms with Gasteiger partial charge in [0.2, 0.25) is 0 Å². The number of aromatic nitrogens is 4. The molecule has 0 amide bonds. The van der Waals surface area contributed by atoms with Gasteiger partial charge in [0.1, 0.15) is 23.0 Å². The van der Waals surface area contributed by atoms with Crippen LogP contribution in [0.15, 0.2) is 384 Å². The van der Waals surface area contributed by atoms with E-state index in [0.717, 1.165) is 74.4 Å². The van der Waals surface area contributed by atoms with Crippen LogP contribution in [-0.4, -0.2) is 102 Å². The molecule has 0 aliphatic heterocycles. The molecule has 0 saturated heterocycles. The van der Waals surface area contributed by atoms with Crippen molar-refractivity contribution in [2.75, 3.05) is 33.3 Å². The van der Waals surface area contributed by atoms with Gasteiger partial charge in [-0.25, -0.2) is 0 Å². The molecule has 4 aromatic heterocycles. The van der Waals surface area contributed by atoms with Gasteiger partial charge in [-0.2, -0.15) is 0 Å². The zero-order valence-corrected chi connectivity index (χ0v) is 73.8. The van der Waals surface area contributed by atoms with Crippen LogP contribution in [0.1, 0.15) is 49.9 Å². The summed E-state index contributed by atoms with van der Waals surface area (Å²) in [6.45, 7) is 10.5. The van der Waals surface area contributed by atoms with Crippen LogP contribution in [0.4, 0.5) is 0 Å². The topological polar surface area (TPSA) is 204 Å². The molecule has 4 heterocycles. The minimum atomic E-state index is -2.25. The Morgan fingerprint density at radius 3 is 0.543 bits per heavy atom. The Labute approximate surface area is 744 Å². The third kappa shape index (κ3) is 17.6.